The van der Waals surface area contributed by atoms with Gasteiger partial charge in [0.15, 0.2) is 0 Å². The van der Waals surface area contributed by atoms with E-state index in [1.807, 2.05) is 18.2 Å². The van der Waals surface area contributed by atoms with Gasteiger partial charge in [-0.3, -0.25) is 15.1 Å². The maximum absolute atomic E-state index is 10.7. The Balaban J connectivity index is 1.99. The molecule has 0 amide bonds. The lowest BCUT2D eigenvalue weighted by molar-refractivity contribution is -0.384. The summed E-state index contributed by atoms with van der Waals surface area (Å²) in [4.78, 5) is 14.3. The molecule has 0 fully saturated rings. The molecule has 1 aromatic carbocycles. The number of hydrogen-bond donors (Lipinski definition) is 2. The number of aromatic nitrogens is 1. The Morgan fingerprint density at radius 1 is 1.26 bits per heavy atom. The zero-order chi connectivity index (χ0) is 13.7. The number of phenols is 1. The van der Waals surface area contributed by atoms with E-state index in [0.717, 1.165) is 5.69 Å². The van der Waals surface area contributed by atoms with Gasteiger partial charge in [0.25, 0.3) is 5.69 Å². The van der Waals surface area contributed by atoms with E-state index < -0.39 is 4.92 Å². The third kappa shape index (κ3) is 3.49. The summed E-state index contributed by atoms with van der Waals surface area (Å²) >= 11 is 0. The highest BCUT2D eigenvalue weighted by Gasteiger charge is 2.09. The molecule has 0 saturated heterocycles. The molecule has 0 radical (unpaired) electrons. The van der Waals surface area contributed by atoms with Crippen molar-refractivity contribution in [1.29, 1.82) is 0 Å². The minimum absolute atomic E-state index is 0.0348. The van der Waals surface area contributed by atoms with Crippen molar-refractivity contribution < 1.29 is 10.0 Å². The normalized spacial score (nSPS) is 10.3. The number of nitrogens with zero attached hydrogens (tertiary/aromatic N) is 2. The van der Waals surface area contributed by atoms with E-state index in [9.17, 15) is 15.2 Å². The smallest absolute Gasteiger partial charge is 0.270 e. The van der Waals surface area contributed by atoms with Crippen LogP contribution in [0.4, 0.5) is 5.69 Å². The van der Waals surface area contributed by atoms with Crippen LogP contribution in [0.2, 0.25) is 0 Å². The van der Waals surface area contributed by atoms with E-state index in [1.54, 1.807) is 6.20 Å². The van der Waals surface area contributed by atoms with Crippen LogP contribution in [0.25, 0.3) is 0 Å². The Hall–Kier alpha value is -2.47. The van der Waals surface area contributed by atoms with Crippen molar-refractivity contribution in [3.05, 3.63) is 64.0 Å². The van der Waals surface area contributed by atoms with Crippen molar-refractivity contribution in [2.45, 2.75) is 13.1 Å². The molecule has 0 bridgehead atoms. The average Bonchev–Trinajstić information content (AvgIpc) is 2.42. The summed E-state index contributed by atoms with van der Waals surface area (Å²) in [5.41, 5.74) is 1.32. The first-order chi connectivity index (χ1) is 9.16. The summed E-state index contributed by atoms with van der Waals surface area (Å²) in [7, 11) is 0. The van der Waals surface area contributed by atoms with Crippen LogP contribution in [0.1, 0.15) is 11.3 Å². The second-order valence-electron chi connectivity index (χ2n) is 3.99. The molecule has 1 heterocycles. The van der Waals surface area contributed by atoms with Gasteiger partial charge in [0.2, 0.25) is 0 Å². The van der Waals surface area contributed by atoms with Gasteiger partial charge < -0.3 is 10.4 Å². The van der Waals surface area contributed by atoms with Crippen LogP contribution in [0.3, 0.4) is 0 Å². The molecule has 2 N–H and O–H groups in total. The van der Waals surface area contributed by atoms with E-state index in [-0.39, 0.29) is 11.4 Å². The largest absolute Gasteiger partial charge is 0.508 e. The molecule has 0 aliphatic rings. The second kappa shape index (κ2) is 5.92. The number of nitro groups is 1. The number of non-ortho nitro benzene ring substituents is 1. The second-order valence-corrected chi connectivity index (χ2v) is 3.99. The highest BCUT2D eigenvalue weighted by molar-refractivity contribution is 5.42. The first-order valence-corrected chi connectivity index (χ1v) is 5.74. The Kier molecular flexibility index (Phi) is 4.04. The lowest BCUT2D eigenvalue weighted by Crippen LogP contribution is -2.13. The maximum atomic E-state index is 10.7. The zero-order valence-electron chi connectivity index (χ0n) is 10.1. The number of nitrogens with one attached hydrogen (secondary N) is 1. The Morgan fingerprint density at radius 2 is 2.11 bits per heavy atom. The fraction of sp³-hybridized carbons (Fsp3) is 0.154. The van der Waals surface area contributed by atoms with E-state index in [4.69, 9.17) is 0 Å². The highest BCUT2D eigenvalue weighted by atomic mass is 16.6. The first-order valence-electron chi connectivity index (χ1n) is 5.74. The molecule has 0 saturated carbocycles. The summed E-state index contributed by atoms with van der Waals surface area (Å²) < 4.78 is 0. The predicted molar refractivity (Wildman–Crippen MR) is 69.5 cm³/mol. The van der Waals surface area contributed by atoms with Gasteiger partial charge in [-0.2, -0.15) is 0 Å². The summed E-state index contributed by atoms with van der Waals surface area (Å²) in [6.07, 6.45) is 1.70. The number of phenolic OH excluding ortho intramolecular Hbond substituents is 1. The van der Waals surface area contributed by atoms with Crippen molar-refractivity contribution in [3.8, 4) is 5.75 Å². The fourth-order valence-electron chi connectivity index (χ4n) is 1.66. The third-order valence-corrected chi connectivity index (χ3v) is 2.62. The molecule has 2 rings (SSSR count). The van der Waals surface area contributed by atoms with Crippen molar-refractivity contribution >= 4 is 5.69 Å². The molecule has 0 unspecified atom stereocenters. The monoisotopic (exact) mass is 259 g/mol. The van der Waals surface area contributed by atoms with Gasteiger partial charge in [-0.25, -0.2) is 0 Å². The molecule has 0 atom stereocenters. The van der Waals surface area contributed by atoms with Crippen LogP contribution in [0, 0.1) is 10.1 Å². The van der Waals surface area contributed by atoms with Gasteiger partial charge in [-0.05, 0) is 18.2 Å². The van der Waals surface area contributed by atoms with Crippen molar-refractivity contribution in [2.24, 2.45) is 0 Å². The molecular formula is C13H13N3O3. The van der Waals surface area contributed by atoms with Crippen LogP contribution in [0.5, 0.6) is 5.75 Å². The highest BCUT2D eigenvalue weighted by Crippen LogP contribution is 2.22. The number of rotatable bonds is 5. The fourth-order valence-corrected chi connectivity index (χ4v) is 1.66. The minimum Gasteiger partial charge on any atom is -0.508 e. The quantitative estimate of drug-likeness (QED) is 0.633. The van der Waals surface area contributed by atoms with Crippen molar-refractivity contribution in [3.63, 3.8) is 0 Å². The van der Waals surface area contributed by atoms with Crippen LogP contribution >= 0.6 is 0 Å². The maximum Gasteiger partial charge on any atom is 0.270 e. The molecule has 98 valence electrons. The molecule has 2 aromatic rings. The van der Waals surface area contributed by atoms with Gasteiger partial charge in [-0.1, -0.05) is 6.07 Å². The molecule has 6 nitrogen and oxygen atoms in total. The van der Waals surface area contributed by atoms with Gasteiger partial charge in [0, 0.05) is 37.0 Å². The molecule has 1 aromatic heterocycles. The Labute approximate surface area is 109 Å². The lowest BCUT2D eigenvalue weighted by atomic mass is 10.1. The van der Waals surface area contributed by atoms with E-state index in [0.29, 0.717) is 18.7 Å². The molecular weight excluding hydrogens is 246 g/mol. The zero-order valence-corrected chi connectivity index (χ0v) is 10.1. The van der Waals surface area contributed by atoms with Crippen LogP contribution in [0.15, 0.2) is 42.6 Å². The minimum atomic E-state index is -0.484. The number of benzene rings is 1. The number of aromatic hydroxyl groups is 1. The molecule has 0 spiro atoms. The molecule has 0 aliphatic heterocycles. The van der Waals surface area contributed by atoms with Crippen molar-refractivity contribution in [2.75, 3.05) is 0 Å². The van der Waals surface area contributed by atoms with Crippen LogP contribution < -0.4 is 5.32 Å². The average molecular weight is 259 g/mol. The summed E-state index contributed by atoms with van der Waals surface area (Å²) in [6, 6.07) is 9.55. The Morgan fingerprint density at radius 3 is 2.79 bits per heavy atom. The summed E-state index contributed by atoms with van der Waals surface area (Å²) in [6.45, 7) is 0.868. The Bertz CT molecular complexity index is 573. The first kappa shape index (κ1) is 13.0. The third-order valence-electron chi connectivity index (χ3n) is 2.62. The van der Waals surface area contributed by atoms with Crippen LogP contribution in [-0.2, 0) is 13.1 Å². The summed E-state index contributed by atoms with van der Waals surface area (Å²) in [5, 5.41) is 23.4. The number of nitro benzene ring substituents is 1. The van der Waals surface area contributed by atoms with E-state index >= 15 is 0 Å². The molecule has 0 aliphatic carbocycles. The molecule has 6 heteroatoms. The van der Waals surface area contributed by atoms with Gasteiger partial charge in [0.1, 0.15) is 5.75 Å². The van der Waals surface area contributed by atoms with Gasteiger partial charge in [0.05, 0.1) is 10.6 Å². The van der Waals surface area contributed by atoms with E-state index in [1.165, 1.54) is 18.2 Å². The molecule has 19 heavy (non-hydrogen) atoms. The van der Waals surface area contributed by atoms with Crippen LogP contribution in [-0.4, -0.2) is 15.0 Å². The van der Waals surface area contributed by atoms with Crippen molar-refractivity contribution in [1.82, 2.24) is 10.3 Å². The lowest BCUT2D eigenvalue weighted by Gasteiger charge is -2.06. The standard InChI is InChI=1S/C13H13N3O3/c17-13-5-4-12(16(18)19)7-10(13)8-14-9-11-3-1-2-6-15-11/h1-7,14,17H,8-9H2. The number of hydrogen-bond acceptors (Lipinski definition) is 5. The van der Waals surface area contributed by atoms with Gasteiger partial charge in [-0.15, -0.1) is 0 Å². The van der Waals surface area contributed by atoms with E-state index in [2.05, 4.69) is 10.3 Å². The summed E-state index contributed by atoms with van der Waals surface area (Å²) in [5.74, 6) is 0.0409. The van der Waals surface area contributed by atoms with Gasteiger partial charge >= 0.3 is 0 Å². The topological polar surface area (TPSA) is 88.3 Å². The number of pyridine rings is 1. The SMILES string of the molecule is O=[N+]([O-])c1ccc(O)c(CNCc2ccccn2)c1. The predicted octanol–water partition coefficient (Wildman–Crippen LogP) is 1.99.